The second-order valence-corrected chi connectivity index (χ2v) is 4.33. The second kappa shape index (κ2) is 5.44. The maximum Gasteiger partial charge on any atom is 0.181 e. The Morgan fingerprint density at radius 1 is 0.947 bits per heavy atom. The Hall–Kier alpha value is -2.49. The number of nitrogens with one attached hydrogen (secondary N) is 1. The SMILES string of the molecule is c1ccc(-c2n[nH]c(CCc3cccnc3)n2)cc1. The zero-order valence-electron chi connectivity index (χ0n) is 10.5. The molecule has 3 rings (SSSR count). The van der Waals surface area contributed by atoms with Gasteiger partial charge in [0.25, 0.3) is 0 Å². The first-order valence-electron chi connectivity index (χ1n) is 6.27. The molecule has 4 nitrogen and oxygen atoms in total. The molecule has 0 saturated heterocycles. The second-order valence-electron chi connectivity index (χ2n) is 4.33. The van der Waals surface area contributed by atoms with E-state index in [9.17, 15) is 0 Å². The van der Waals surface area contributed by atoms with Crippen LogP contribution in [-0.4, -0.2) is 20.2 Å². The van der Waals surface area contributed by atoms with E-state index in [1.54, 1.807) is 6.20 Å². The number of hydrogen-bond acceptors (Lipinski definition) is 3. The smallest absolute Gasteiger partial charge is 0.181 e. The first-order chi connectivity index (χ1) is 9.42. The molecule has 0 aliphatic carbocycles. The van der Waals surface area contributed by atoms with E-state index < -0.39 is 0 Å². The van der Waals surface area contributed by atoms with Crippen molar-refractivity contribution in [1.29, 1.82) is 0 Å². The third kappa shape index (κ3) is 2.85. The lowest BCUT2D eigenvalue weighted by atomic mass is 10.1. The number of nitrogens with zero attached hydrogens (tertiary/aromatic N) is 3. The van der Waals surface area contributed by atoms with Gasteiger partial charge in [0.05, 0.1) is 0 Å². The van der Waals surface area contributed by atoms with Crippen LogP contribution in [0.2, 0.25) is 0 Å². The summed E-state index contributed by atoms with van der Waals surface area (Å²) in [6.45, 7) is 0. The number of pyridine rings is 1. The number of aromatic amines is 1. The van der Waals surface area contributed by atoms with Crippen LogP contribution in [-0.2, 0) is 12.8 Å². The van der Waals surface area contributed by atoms with Gasteiger partial charge in [-0.1, -0.05) is 36.4 Å². The zero-order chi connectivity index (χ0) is 12.9. The van der Waals surface area contributed by atoms with Gasteiger partial charge in [-0.25, -0.2) is 4.98 Å². The van der Waals surface area contributed by atoms with Gasteiger partial charge in [0, 0.05) is 24.4 Å². The van der Waals surface area contributed by atoms with Crippen molar-refractivity contribution in [1.82, 2.24) is 20.2 Å². The van der Waals surface area contributed by atoms with Gasteiger partial charge < -0.3 is 0 Å². The van der Waals surface area contributed by atoms with Gasteiger partial charge in [-0.3, -0.25) is 10.1 Å². The third-order valence-electron chi connectivity index (χ3n) is 2.94. The van der Waals surface area contributed by atoms with Crippen molar-refractivity contribution < 1.29 is 0 Å². The highest BCUT2D eigenvalue weighted by atomic mass is 15.2. The highest BCUT2D eigenvalue weighted by molar-refractivity contribution is 5.53. The molecule has 2 aromatic heterocycles. The number of rotatable bonds is 4. The first-order valence-corrected chi connectivity index (χ1v) is 6.27. The minimum Gasteiger partial charge on any atom is -0.264 e. The normalized spacial score (nSPS) is 10.5. The summed E-state index contributed by atoms with van der Waals surface area (Å²) >= 11 is 0. The number of aryl methyl sites for hydroxylation is 2. The van der Waals surface area contributed by atoms with Gasteiger partial charge in [-0.15, -0.1) is 0 Å². The fraction of sp³-hybridized carbons (Fsp3) is 0.133. The Kier molecular flexibility index (Phi) is 3.32. The van der Waals surface area contributed by atoms with Crippen molar-refractivity contribution in [2.45, 2.75) is 12.8 Å². The summed E-state index contributed by atoms with van der Waals surface area (Å²) in [5.41, 5.74) is 2.24. The summed E-state index contributed by atoms with van der Waals surface area (Å²) in [6, 6.07) is 14.0. The van der Waals surface area contributed by atoms with Gasteiger partial charge in [0.2, 0.25) is 0 Å². The molecule has 94 valence electrons. The summed E-state index contributed by atoms with van der Waals surface area (Å²) in [6.07, 6.45) is 5.42. The zero-order valence-corrected chi connectivity index (χ0v) is 10.5. The molecule has 0 atom stereocenters. The highest BCUT2D eigenvalue weighted by Gasteiger charge is 2.05. The van der Waals surface area contributed by atoms with Crippen molar-refractivity contribution in [3.05, 3.63) is 66.2 Å². The average molecular weight is 250 g/mol. The lowest BCUT2D eigenvalue weighted by molar-refractivity contribution is 0.861. The van der Waals surface area contributed by atoms with Crippen LogP contribution in [0, 0.1) is 0 Å². The summed E-state index contributed by atoms with van der Waals surface area (Å²) in [7, 11) is 0. The maximum atomic E-state index is 4.51. The molecule has 1 N–H and O–H groups in total. The molecule has 3 aromatic rings. The van der Waals surface area contributed by atoms with Gasteiger partial charge in [-0.2, -0.15) is 5.10 Å². The van der Waals surface area contributed by atoms with Crippen LogP contribution in [0.1, 0.15) is 11.4 Å². The average Bonchev–Trinajstić information content (AvgIpc) is 2.96. The molecule has 2 heterocycles. The van der Waals surface area contributed by atoms with E-state index in [4.69, 9.17) is 0 Å². The van der Waals surface area contributed by atoms with Crippen molar-refractivity contribution in [2.75, 3.05) is 0 Å². The van der Waals surface area contributed by atoms with Gasteiger partial charge >= 0.3 is 0 Å². The molecule has 0 fully saturated rings. The van der Waals surface area contributed by atoms with Crippen LogP contribution < -0.4 is 0 Å². The summed E-state index contributed by atoms with van der Waals surface area (Å²) in [5.74, 6) is 1.66. The molecule has 0 bridgehead atoms. The molecule has 4 heteroatoms. The van der Waals surface area contributed by atoms with Crippen molar-refractivity contribution in [3.8, 4) is 11.4 Å². The van der Waals surface area contributed by atoms with Crippen LogP contribution in [0.4, 0.5) is 0 Å². The predicted octanol–water partition coefficient (Wildman–Crippen LogP) is 2.65. The molecular weight excluding hydrogens is 236 g/mol. The van der Waals surface area contributed by atoms with Crippen molar-refractivity contribution >= 4 is 0 Å². The Morgan fingerprint density at radius 3 is 2.63 bits per heavy atom. The Balaban J connectivity index is 1.69. The Labute approximate surface area is 111 Å². The summed E-state index contributed by atoms with van der Waals surface area (Å²) in [5, 5.41) is 7.24. The van der Waals surface area contributed by atoms with E-state index in [0.29, 0.717) is 0 Å². The van der Waals surface area contributed by atoms with E-state index in [1.807, 2.05) is 42.6 Å². The largest absolute Gasteiger partial charge is 0.264 e. The summed E-state index contributed by atoms with van der Waals surface area (Å²) < 4.78 is 0. The lowest BCUT2D eigenvalue weighted by Crippen LogP contribution is -1.94. The Bertz CT molecular complexity index is 632. The first kappa shape index (κ1) is 11.6. The predicted molar refractivity (Wildman–Crippen MR) is 73.5 cm³/mol. The van der Waals surface area contributed by atoms with Crippen molar-refractivity contribution in [3.63, 3.8) is 0 Å². The van der Waals surface area contributed by atoms with Crippen LogP contribution in [0.15, 0.2) is 54.9 Å². The van der Waals surface area contributed by atoms with E-state index in [2.05, 4.69) is 26.2 Å². The van der Waals surface area contributed by atoms with E-state index in [1.165, 1.54) is 5.56 Å². The molecule has 0 amide bonds. The van der Waals surface area contributed by atoms with Crippen LogP contribution >= 0.6 is 0 Å². The monoisotopic (exact) mass is 250 g/mol. The number of aromatic nitrogens is 4. The molecule has 0 aliphatic rings. The van der Waals surface area contributed by atoms with Gasteiger partial charge in [0.1, 0.15) is 5.82 Å². The number of benzene rings is 1. The van der Waals surface area contributed by atoms with E-state index >= 15 is 0 Å². The molecule has 19 heavy (non-hydrogen) atoms. The van der Waals surface area contributed by atoms with Crippen LogP contribution in [0.5, 0.6) is 0 Å². The molecule has 0 spiro atoms. The molecule has 0 unspecified atom stereocenters. The topological polar surface area (TPSA) is 54.5 Å². The third-order valence-corrected chi connectivity index (χ3v) is 2.94. The summed E-state index contributed by atoms with van der Waals surface area (Å²) in [4.78, 5) is 8.61. The van der Waals surface area contributed by atoms with E-state index in [0.717, 1.165) is 30.1 Å². The molecule has 1 aromatic carbocycles. The molecule has 0 aliphatic heterocycles. The lowest BCUT2D eigenvalue weighted by Gasteiger charge is -1.97. The fourth-order valence-electron chi connectivity index (χ4n) is 1.93. The quantitative estimate of drug-likeness (QED) is 0.774. The number of H-pyrrole nitrogens is 1. The van der Waals surface area contributed by atoms with Crippen LogP contribution in [0.3, 0.4) is 0 Å². The number of hydrogen-bond donors (Lipinski definition) is 1. The van der Waals surface area contributed by atoms with Gasteiger partial charge in [-0.05, 0) is 18.1 Å². The van der Waals surface area contributed by atoms with Gasteiger partial charge in [0.15, 0.2) is 5.82 Å². The highest BCUT2D eigenvalue weighted by Crippen LogP contribution is 2.13. The standard InChI is InChI=1S/C15H14N4/c1-2-6-13(7-3-1)15-17-14(18-19-15)9-8-12-5-4-10-16-11-12/h1-7,10-11H,8-9H2,(H,17,18,19). The molecular formula is C15H14N4. The van der Waals surface area contributed by atoms with Crippen LogP contribution in [0.25, 0.3) is 11.4 Å². The molecule has 0 radical (unpaired) electrons. The minimum atomic E-state index is 0.752. The van der Waals surface area contributed by atoms with E-state index in [-0.39, 0.29) is 0 Å². The molecule has 0 saturated carbocycles. The maximum absolute atomic E-state index is 4.51. The fourth-order valence-corrected chi connectivity index (χ4v) is 1.93. The minimum absolute atomic E-state index is 0.752. The Morgan fingerprint density at radius 2 is 1.84 bits per heavy atom. The van der Waals surface area contributed by atoms with Crippen molar-refractivity contribution in [2.24, 2.45) is 0 Å².